The van der Waals surface area contributed by atoms with Gasteiger partial charge in [0, 0.05) is 12.8 Å². The SMILES string of the molecule is CC(O)OC(=O)CCCC(=O)OC(C)O. The molecule has 0 aromatic heterocycles. The molecule has 0 fully saturated rings. The molecule has 0 bridgehead atoms. The number of ether oxygens (including phenoxy) is 2. The first kappa shape index (κ1) is 13.9. The minimum absolute atomic E-state index is 0.0276. The molecule has 0 heterocycles. The summed E-state index contributed by atoms with van der Waals surface area (Å²) in [7, 11) is 0. The van der Waals surface area contributed by atoms with Gasteiger partial charge in [0.1, 0.15) is 0 Å². The van der Waals surface area contributed by atoms with Crippen molar-refractivity contribution in [2.45, 2.75) is 45.7 Å². The molecule has 0 amide bonds. The van der Waals surface area contributed by atoms with Gasteiger partial charge >= 0.3 is 11.9 Å². The highest BCUT2D eigenvalue weighted by atomic mass is 16.6. The van der Waals surface area contributed by atoms with Crippen molar-refractivity contribution in [2.24, 2.45) is 0 Å². The van der Waals surface area contributed by atoms with Crippen molar-refractivity contribution in [3.8, 4) is 0 Å². The van der Waals surface area contributed by atoms with Crippen molar-refractivity contribution < 1.29 is 29.3 Å². The fourth-order valence-electron chi connectivity index (χ4n) is 0.875. The molecule has 0 radical (unpaired) electrons. The first-order valence-corrected chi connectivity index (χ1v) is 4.67. The molecule has 0 aliphatic heterocycles. The van der Waals surface area contributed by atoms with Gasteiger partial charge in [-0.05, 0) is 20.3 Å². The summed E-state index contributed by atoms with van der Waals surface area (Å²) in [5, 5.41) is 17.4. The molecule has 0 rings (SSSR count). The van der Waals surface area contributed by atoms with E-state index in [1.165, 1.54) is 13.8 Å². The Morgan fingerprint density at radius 2 is 1.33 bits per heavy atom. The second-order valence-corrected chi connectivity index (χ2v) is 3.03. The summed E-state index contributed by atoms with van der Waals surface area (Å²) in [6, 6.07) is 0. The number of carbonyl (C=O) groups is 2. The van der Waals surface area contributed by atoms with E-state index in [4.69, 9.17) is 10.2 Å². The van der Waals surface area contributed by atoms with Crippen LogP contribution >= 0.6 is 0 Å². The molecule has 0 aromatic rings. The first-order chi connectivity index (χ1) is 6.91. The maximum atomic E-state index is 10.9. The zero-order valence-corrected chi connectivity index (χ0v) is 8.80. The number of esters is 2. The van der Waals surface area contributed by atoms with Gasteiger partial charge in [-0.1, -0.05) is 0 Å². The molecule has 15 heavy (non-hydrogen) atoms. The topological polar surface area (TPSA) is 93.1 Å². The predicted octanol–water partition coefficient (Wildman–Crippen LogP) is -0.0803. The van der Waals surface area contributed by atoms with Gasteiger partial charge in [-0.25, -0.2) is 0 Å². The number of hydrogen-bond acceptors (Lipinski definition) is 6. The smallest absolute Gasteiger partial charge is 0.308 e. The van der Waals surface area contributed by atoms with Crippen molar-refractivity contribution >= 4 is 11.9 Å². The Balaban J connectivity index is 3.53. The van der Waals surface area contributed by atoms with E-state index in [2.05, 4.69) is 9.47 Å². The van der Waals surface area contributed by atoms with Gasteiger partial charge in [-0.3, -0.25) is 9.59 Å². The van der Waals surface area contributed by atoms with Gasteiger partial charge in [-0.15, -0.1) is 0 Å². The normalized spacial score (nSPS) is 14.1. The average Bonchev–Trinajstić information content (AvgIpc) is 2.00. The summed E-state index contributed by atoms with van der Waals surface area (Å²) >= 11 is 0. The fraction of sp³-hybridized carbons (Fsp3) is 0.778. The van der Waals surface area contributed by atoms with Gasteiger partial charge in [0.15, 0.2) is 12.6 Å². The molecule has 2 atom stereocenters. The molecule has 2 unspecified atom stereocenters. The molecular weight excluding hydrogens is 204 g/mol. The molecule has 0 saturated heterocycles. The Morgan fingerprint density at radius 3 is 1.60 bits per heavy atom. The maximum Gasteiger partial charge on any atom is 0.308 e. The number of aliphatic hydroxyl groups excluding tert-OH is 2. The van der Waals surface area contributed by atoms with Crippen LogP contribution < -0.4 is 0 Å². The summed E-state index contributed by atoms with van der Waals surface area (Å²) in [4.78, 5) is 21.7. The standard InChI is InChI=1S/C9H16O6/c1-6(10)14-8(12)4-3-5-9(13)15-7(2)11/h6-7,10-11H,3-5H2,1-2H3. The highest BCUT2D eigenvalue weighted by molar-refractivity contribution is 5.72. The van der Waals surface area contributed by atoms with Gasteiger partial charge in [0.05, 0.1) is 0 Å². The van der Waals surface area contributed by atoms with E-state index in [0.29, 0.717) is 0 Å². The minimum Gasteiger partial charge on any atom is -0.436 e. The van der Waals surface area contributed by atoms with E-state index < -0.39 is 24.5 Å². The van der Waals surface area contributed by atoms with E-state index in [0.717, 1.165) is 0 Å². The second-order valence-electron chi connectivity index (χ2n) is 3.03. The summed E-state index contributed by atoms with van der Waals surface area (Å²) < 4.78 is 8.86. The second kappa shape index (κ2) is 7.19. The molecular formula is C9H16O6. The number of rotatable bonds is 6. The van der Waals surface area contributed by atoms with Crippen LogP contribution in [0.3, 0.4) is 0 Å². The summed E-state index contributed by atoms with van der Waals surface area (Å²) in [6.07, 6.45) is -1.96. The minimum atomic E-state index is -1.14. The highest BCUT2D eigenvalue weighted by Gasteiger charge is 2.10. The van der Waals surface area contributed by atoms with Crippen LogP contribution in [0.25, 0.3) is 0 Å². The Morgan fingerprint density at radius 1 is 1.00 bits per heavy atom. The van der Waals surface area contributed by atoms with Crippen LogP contribution in [-0.4, -0.2) is 34.7 Å². The monoisotopic (exact) mass is 220 g/mol. The van der Waals surface area contributed by atoms with Crippen molar-refractivity contribution in [1.29, 1.82) is 0 Å². The Labute approximate surface area is 87.8 Å². The van der Waals surface area contributed by atoms with Gasteiger partial charge in [-0.2, -0.15) is 0 Å². The number of aliphatic hydroxyl groups is 2. The predicted molar refractivity (Wildman–Crippen MR) is 49.4 cm³/mol. The maximum absolute atomic E-state index is 10.9. The van der Waals surface area contributed by atoms with Crippen LogP contribution in [0, 0.1) is 0 Å². The molecule has 0 spiro atoms. The van der Waals surface area contributed by atoms with Crippen molar-refractivity contribution in [1.82, 2.24) is 0 Å². The van der Waals surface area contributed by atoms with Crippen LogP contribution in [0.1, 0.15) is 33.1 Å². The lowest BCUT2D eigenvalue weighted by molar-refractivity contribution is -0.166. The van der Waals surface area contributed by atoms with Crippen LogP contribution in [0.15, 0.2) is 0 Å². The number of hydrogen-bond donors (Lipinski definition) is 2. The Hall–Kier alpha value is -1.14. The molecule has 2 N–H and O–H groups in total. The zero-order chi connectivity index (χ0) is 11.8. The van der Waals surface area contributed by atoms with E-state index in [1.807, 2.05) is 0 Å². The van der Waals surface area contributed by atoms with E-state index in [9.17, 15) is 9.59 Å². The summed E-state index contributed by atoms with van der Waals surface area (Å²) in [6.45, 7) is 2.64. The van der Waals surface area contributed by atoms with Gasteiger partial charge < -0.3 is 19.7 Å². The lowest BCUT2D eigenvalue weighted by Gasteiger charge is -2.07. The Bertz CT molecular complexity index is 189. The molecule has 0 saturated carbocycles. The quantitative estimate of drug-likeness (QED) is 0.480. The lowest BCUT2D eigenvalue weighted by Crippen LogP contribution is -2.16. The zero-order valence-electron chi connectivity index (χ0n) is 8.80. The van der Waals surface area contributed by atoms with Crippen LogP contribution in [0.2, 0.25) is 0 Å². The van der Waals surface area contributed by atoms with E-state index in [-0.39, 0.29) is 19.3 Å². The molecule has 6 nitrogen and oxygen atoms in total. The third-order valence-electron chi connectivity index (χ3n) is 1.37. The van der Waals surface area contributed by atoms with Crippen molar-refractivity contribution in [3.05, 3.63) is 0 Å². The molecule has 6 heteroatoms. The van der Waals surface area contributed by atoms with Gasteiger partial charge in [0.25, 0.3) is 0 Å². The average molecular weight is 220 g/mol. The number of carbonyl (C=O) groups excluding carboxylic acids is 2. The summed E-state index contributed by atoms with van der Waals surface area (Å²) in [5.41, 5.74) is 0. The van der Waals surface area contributed by atoms with E-state index >= 15 is 0 Å². The fourth-order valence-corrected chi connectivity index (χ4v) is 0.875. The van der Waals surface area contributed by atoms with Gasteiger partial charge in [0.2, 0.25) is 0 Å². The largest absolute Gasteiger partial charge is 0.436 e. The molecule has 0 aromatic carbocycles. The van der Waals surface area contributed by atoms with Crippen LogP contribution in [-0.2, 0) is 19.1 Å². The Kier molecular flexibility index (Phi) is 6.64. The molecule has 0 aliphatic rings. The molecule has 0 aliphatic carbocycles. The molecule has 88 valence electrons. The third-order valence-corrected chi connectivity index (χ3v) is 1.37. The van der Waals surface area contributed by atoms with Crippen molar-refractivity contribution in [2.75, 3.05) is 0 Å². The first-order valence-electron chi connectivity index (χ1n) is 4.67. The third kappa shape index (κ3) is 9.17. The summed E-state index contributed by atoms with van der Waals surface area (Å²) in [5.74, 6) is -1.15. The van der Waals surface area contributed by atoms with Crippen LogP contribution in [0.5, 0.6) is 0 Å². The van der Waals surface area contributed by atoms with Crippen molar-refractivity contribution in [3.63, 3.8) is 0 Å². The van der Waals surface area contributed by atoms with Crippen LogP contribution in [0.4, 0.5) is 0 Å². The highest BCUT2D eigenvalue weighted by Crippen LogP contribution is 2.02. The van der Waals surface area contributed by atoms with E-state index in [1.54, 1.807) is 0 Å². The lowest BCUT2D eigenvalue weighted by atomic mass is 10.2.